The summed E-state index contributed by atoms with van der Waals surface area (Å²) in [6.07, 6.45) is 4.62. The SMILES string of the molecule is CNC1(CO)CCCC1CCSc1nc2ccccc2[nH]1. The molecule has 1 aliphatic rings. The molecule has 4 nitrogen and oxygen atoms in total. The molecule has 1 saturated carbocycles. The lowest BCUT2D eigenvalue weighted by molar-refractivity contribution is 0.130. The van der Waals surface area contributed by atoms with Crippen LogP contribution in [-0.4, -0.2) is 40.0 Å². The summed E-state index contributed by atoms with van der Waals surface area (Å²) in [6, 6.07) is 8.13. The number of fused-ring (bicyclic) bond motifs is 1. The van der Waals surface area contributed by atoms with Crippen LogP contribution in [-0.2, 0) is 0 Å². The lowest BCUT2D eigenvalue weighted by Gasteiger charge is -2.33. The van der Waals surface area contributed by atoms with Crippen molar-refractivity contribution in [1.82, 2.24) is 15.3 Å². The average Bonchev–Trinajstić information content (AvgIpc) is 3.11. The number of aliphatic hydroxyl groups excluding tert-OH is 1. The van der Waals surface area contributed by atoms with E-state index >= 15 is 0 Å². The van der Waals surface area contributed by atoms with Crippen LogP contribution in [0.1, 0.15) is 25.7 Å². The number of benzene rings is 1. The highest BCUT2D eigenvalue weighted by Gasteiger charge is 2.40. The number of aliphatic hydroxyl groups is 1. The maximum atomic E-state index is 9.71. The second-order valence-corrected chi connectivity index (χ2v) is 6.93. The van der Waals surface area contributed by atoms with Gasteiger partial charge in [0, 0.05) is 11.3 Å². The van der Waals surface area contributed by atoms with E-state index in [0.29, 0.717) is 5.92 Å². The predicted molar refractivity (Wildman–Crippen MR) is 87.7 cm³/mol. The molecule has 2 aromatic rings. The molecule has 1 aromatic heterocycles. The van der Waals surface area contributed by atoms with E-state index in [-0.39, 0.29) is 12.1 Å². The van der Waals surface area contributed by atoms with Gasteiger partial charge in [-0.2, -0.15) is 0 Å². The van der Waals surface area contributed by atoms with E-state index < -0.39 is 0 Å². The Hall–Kier alpha value is -1.04. The van der Waals surface area contributed by atoms with Crippen molar-refractivity contribution in [3.05, 3.63) is 24.3 Å². The minimum absolute atomic E-state index is 0.0611. The van der Waals surface area contributed by atoms with Gasteiger partial charge in [0.2, 0.25) is 0 Å². The molecule has 2 atom stereocenters. The van der Waals surface area contributed by atoms with Gasteiger partial charge in [0.05, 0.1) is 17.6 Å². The molecule has 1 heterocycles. The van der Waals surface area contributed by atoms with Crippen LogP contribution in [0.2, 0.25) is 0 Å². The van der Waals surface area contributed by atoms with Gasteiger partial charge in [0.1, 0.15) is 0 Å². The van der Waals surface area contributed by atoms with Crippen LogP contribution in [0.25, 0.3) is 11.0 Å². The molecule has 0 aliphatic heterocycles. The number of H-pyrrole nitrogens is 1. The van der Waals surface area contributed by atoms with Crippen molar-refractivity contribution < 1.29 is 5.11 Å². The zero-order valence-electron chi connectivity index (χ0n) is 12.4. The third kappa shape index (κ3) is 2.96. The number of hydrogen-bond donors (Lipinski definition) is 3. The summed E-state index contributed by atoms with van der Waals surface area (Å²) >= 11 is 1.78. The van der Waals surface area contributed by atoms with Gasteiger partial charge in [-0.15, -0.1) is 0 Å². The Balaban J connectivity index is 1.58. The molecule has 2 unspecified atom stereocenters. The number of likely N-dealkylation sites (N-methyl/N-ethyl adjacent to an activating group) is 1. The Morgan fingerprint density at radius 2 is 2.33 bits per heavy atom. The standard InChI is InChI=1S/C16H23N3OS/c1-17-16(11-20)9-4-5-12(16)8-10-21-15-18-13-6-2-3-7-14(13)19-15/h2-3,6-7,12,17,20H,4-5,8-11H2,1H3,(H,18,19). The van der Waals surface area contributed by atoms with Crippen LogP contribution in [0, 0.1) is 5.92 Å². The number of hydrogen-bond acceptors (Lipinski definition) is 4. The van der Waals surface area contributed by atoms with Crippen molar-refractivity contribution in [2.24, 2.45) is 5.92 Å². The highest BCUT2D eigenvalue weighted by atomic mass is 32.2. The first kappa shape index (κ1) is 14.9. The predicted octanol–water partition coefficient (Wildman–Crippen LogP) is 2.80. The quantitative estimate of drug-likeness (QED) is 0.718. The molecule has 5 heteroatoms. The Morgan fingerprint density at radius 3 is 3.10 bits per heavy atom. The van der Waals surface area contributed by atoms with Gasteiger partial charge in [-0.25, -0.2) is 4.98 Å². The molecule has 0 amide bonds. The van der Waals surface area contributed by atoms with E-state index in [1.54, 1.807) is 11.8 Å². The molecule has 1 aliphatic carbocycles. The summed E-state index contributed by atoms with van der Waals surface area (Å²) < 4.78 is 0. The van der Waals surface area contributed by atoms with Crippen LogP contribution in [0.3, 0.4) is 0 Å². The van der Waals surface area contributed by atoms with Crippen molar-refractivity contribution >= 4 is 22.8 Å². The molecule has 21 heavy (non-hydrogen) atoms. The third-order valence-corrected chi connectivity index (χ3v) is 5.72. The molecule has 1 fully saturated rings. The van der Waals surface area contributed by atoms with Crippen LogP contribution < -0.4 is 5.32 Å². The lowest BCUT2D eigenvalue weighted by atomic mass is 9.86. The minimum atomic E-state index is -0.0611. The van der Waals surface area contributed by atoms with E-state index in [2.05, 4.69) is 21.4 Å². The molecule has 1 aromatic carbocycles. The Bertz CT molecular complexity index is 561. The lowest BCUT2D eigenvalue weighted by Crippen LogP contribution is -2.49. The number of nitrogens with zero attached hydrogens (tertiary/aromatic N) is 1. The molecule has 0 saturated heterocycles. The highest BCUT2D eigenvalue weighted by molar-refractivity contribution is 7.99. The smallest absolute Gasteiger partial charge is 0.166 e. The summed E-state index contributed by atoms with van der Waals surface area (Å²) in [6.45, 7) is 0.240. The highest BCUT2D eigenvalue weighted by Crippen LogP contribution is 2.38. The number of aromatic amines is 1. The molecule has 0 bridgehead atoms. The van der Waals surface area contributed by atoms with Crippen LogP contribution in [0.5, 0.6) is 0 Å². The van der Waals surface area contributed by atoms with E-state index in [4.69, 9.17) is 0 Å². The molecular formula is C16H23N3OS. The first-order valence-corrected chi connectivity index (χ1v) is 8.63. The van der Waals surface area contributed by atoms with Crippen LogP contribution in [0.15, 0.2) is 29.4 Å². The molecular weight excluding hydrogens is 282 g/mol. The van der Waals surface area contributed by atoms with Crippen molar-refractivity contribution in [1.29, 1.82) is 0 Å². The van der Waals surface area contributed by atoms with Crippen LogP contribution in [0.4, 0.5) is 0 Å². The maximum Gasteiger partial charge on any atom is 0.166 e. The Morgan fingerprint density at radius 1 is 1.48 bits per heavy atom. The van der Waals surface area contributed by atoms with E-state index in [1.165, 1.54) is 12.8 Å². The largest absolute Gasteiger partial charge is 0.394 e. The Labute approximate surface area is 129 Å². The fourth-order valence-corrected chi connectivity index (χ4v) is 4.42. The van der Waals surface area contributed by atoms with Crippen LogP contribution >= 0.6 is 11.8 Å². The Kier molecular flexibility index (Phi) is 4.52. The first-order valence-electron chi connectivity index (χ1n) is 7.65. The minimum Gasteiger partial charge on any atom is -0.394 e. The summed E-state index contributed by atoms with van der Waals surface area (Å²) in [7, 11) is 1.97. The summed E-state index contributed by atoms with van der Waals surface area (Å²) in [4.78, 5) is 7.95. The second-order valence-electron chi connectivity index (χ2n) is 5.85. The fraction of sp³-hybridized carbons (Fsp3) is 0.562. The average molecular weight is 305 g/mol. The normalized spacial score (nSPS) is 25.7. The van der Waals surface area contributed by atoms with Gasteiger partial charge < -0.3 is 15.4 Å². The van der Waals surface area contributed by atoms with Crippen molar-refractivity contribution in [2.45, 2.75) is 36.4 Å². The number of para-hydroxylation sites is 2. The molecule has 114 valence electrons. The number of rotatable bonds is 6. The van der Waals surface area contributed by atoms with Gasteiger partial charge in [-0.1, -0.05) is 30.3 Å². The van der Waals surface area contributed by atoms with E-state index in [9.17, 15) is 5.11 Å². The summed E-state index contributed by atoms with van der Waals surface area (Å²) in [5, 5.41) is 14.1. The van der Waals surface area contributed by atoms with E-state index in [1.807, 2.05) is 25.2 Å². The number of imidazole rings is 1. The molecule has 3 rings (SSSR count). The van der Waals surface area contributed by atoms with Crippen molar-refractivity contribution in [2.75, 3.05) is 19.4 Å². The number of aromatic nitrogens is 2. The van der Waals surface area contributed by atoms with Crippen molar-refractivity contribution in [3.8, 4) is 0 Å². The van der Waals surface area contributed by atoms with Crippen molar-refractivity contribution in [3.63, 3.8) is 0 Å². The second kappa shape index (κ2) is 6.38. The van der Waals surface area contributed by atoms with Gasteiger partial charge in [0.25, 0.3) is 0 Å². The van der Waals surface area contributed by atoms with Gasteiger partial charge >= 0.3 is 0 Å². The summed E-state index contributed by atoms with van der Waals surface area (Å²) in [5.41, 5.74) is 2.07. The summed E-state index contributed by atoms with van der Waals surface area (Å²) in [5.74, 6) is 1.60. The molecule has 0 radical (unpaired) electrons. The fourth-order valence-electron chi connectivity index (χ4n) is 3.48. The first-order chi connectivity index (χ1) is 10.3. The number of nitrogens with one attached hydrogen (secondary N) is 2. The van der Waals surface area contributed by atoms with E-state index in [0.717, 1.165) is 34.8 Å². The zero-order chi connectivity index (χ0) is 14.7. The molecule has 0 spiro atoms. The van der Waals surface area contributed by atoms with Gasteiger partial charge in [-0.3, -0.25) is 0 Å². The third-order valence-electron chi connectivity index (χ3n) is 4.81. The monoisotopic (exact) mass is 305 g/mol. The molecule has 3 N–H and O–H groups in total. The maximum absolute atomic E-state index is 9.71. The van der Waals surface area contributed by atoms with Gasteiger partial charge in [-0.05, 0) is 44.4 Å². The number of thioether (sulfide) groups is 1. The zero-order valence-corrected chi connectivity index (χ0v) is 13.2. The topological polar surface area (TPSA) is 60.9 Å². The van der Waals surface area contributed by atoms with Gasteiger partial charge in [0.15, 0.2) is 5.16 Å².